The summed E-state index contributed by atoms with van der Waals surface area (Å²) < 4.78 is 0. The van der Waals surface area contributed by atoms with Gasteiger partial charge in [-0.2, -0.15) is 0 Å². The molecule has 1 saturated heterocycles. The average molecular weight is 202 g/mol. The highest BCUT2D eigenvalue weighted by atomic mass is 16.1. The number of rotatable bonds is 2. The highest BCUT2D eigenvalue weighted by Gasteiger charge is 2.06. The number of carbonyl (C=O) groups excluding carboxylic acids is 1. The van der Waals surface area contributed by atoms with Gasteiger partial charge < -0.3 is 10.6 Å². The molecule has 0 atom stereocenters. The van der Waals surface area contributed by atoms with Crippen LogP contribution in [0.25, 0.3) is 0 Å². The number of allylic oxidation sites excluding steroid dienone is 1. The molecule has 0 amide bonds. The van der Waals surface area contributed by atoms with Crippen LogP contribution in [0.2, 0.25) is 0 Å². The number of nitrogens with one attached hydrogen (secondary N) is 2. The number of ketones is 1. The molecule has 15 heavy (non-hydrogen) atoms. The van der Waals surface area contributed by atoms with Gasteiger partial charge in [-0.1, -0.05) is 30.3 Å². The van der Waals surface area contributed by atoms with E-state index in [1.54, 1.807) is 6.08 Å². The lowest BCUT2D eigenvalue weighted by molar-refractivity contribution is 0.104. The highest BCUT2D eigenvalue weighted by Crippen LogP contribution is 2.02. The van der Waals surface area contributed by atoms with Crippen LogP contribution in [0, 0.1) is 0 Å². The third-order valence-electron chi connectivity index (χ3n) is 2.32. The maximum atomic E-state index is 11.8. The van der Waals surface area contributed by atoms with Crippen molar-refractivity contribution in [2.24, 2.45) is 0 Å². The van der Waals surface area contributed by atoms with E-state index >= 15 is 0 Å². The van der Waals surface area contributed by atoms with Crippen LogP contribution in [0.15, 0.2) is 42.2 Å². The zero-order valence-corrected chi connectivity index (χ0v) is 8.49. The normalized spacial score (nSPS) is 15.1. The first kappa shape index (κ1) is 9.77. The SMILES string of the molecule is O=C(C=C1NCCCN1)c1ccccc1. The molecule has 0 bridgehead atoms. The maximum absolute atomic E-state index is 11.8. The van der Waals surface area contributed by atoms with Crippen molar-refractivity contribution in [3.05, 3.63) is 47.8 Å². The van der Waals surface area contributed by atoms with Crippen molar-refractivity contribution in [1.29, 1.82) is 0 Å². The number of carbonyl (C=O) groups is 1. The second-order valence-corrected chi connectivity index (χ2v) is 3.50. The standard InChI is InChI=1S/C12H14N2O/c15-11(10-5-2-1-3-6-10)9-12-13-7-4-8-14-12/h1-3,5-6,9,13-14H,4,7-8H2. The Labute approximate surface area is 89.2 Å². The predicted octanol–water partition coefficient (Wildman–Crippen LogP) is 1.29. The molecule has 0 aliphatic carbocycles. The van der Waals surface area contributed by atoms with Crippen LogP contribution < -0.4 is 10.6 Å². The van der Waals surface area contributed by atoms with Crippen LogP contribution in [-0.2, 0) is 0 Å². The summed E-state index contributed by atoms with van der Waals surface area (Å²) in [5.74, 6) is 0.864. The minimum atomic E-state index is 0.0347. The monoisotopic (exact) mass is 202 g/mol. The topological polar surface area (TPSA) is 41.1 Å². The largest absolute Gasteiger partial charge is 0.372 e. The van der Waals surface area contributed by atoms with Crippen molar-refractivity contribution in [2.45, 2.75) is 6.42 Å². The molecule has 0 radical (unpaired) electrons. The summed E-state index contributed by atoms with van der Waals surface area (Å²) in [6, 6.07) is 9.28. The van der Waals surface area contributed by atoms with Gasteiger partial charge in [0, 0.05) is 24.7 Å². The molecule has 78 valence electrons. The summed E-state index contributed by atoms with van der Waals surface area (Å²) >= 11 is 0. The maximum Gasteiger partial charge on any atom is 0.189 e. The predicted molar refractivity (Wildman–Crippen MR) is 59.5 cm³/mol. The lowest BCUT2D eigenvalue weighted by Crippen LogP contribution is -2.35. The molecule has 0 spiro atoms. The molecule has 3 nitrogen and oxygen atoms in total. The lowest BCUT2D eigenvalue weighted by atomic mass is 10.1. The van der Waals surface area contributed by atoms with Crippen LogP contribution in [-0.4, -0.2) is 18.9 Å². The summed E-state index contributed by atoms with van der Waals surface area (Å²) in [7, 11) is 0. The molecule has 3 heteroatoms. The molecule has 1 heterocycles. The molecular formula is C12H14N2O. The quantitative estimate of drug-likeness (QED) is 0.561. The molecule has 0 unspecified atom stereocenters. The highest BCUT2D eigenvalue weighted by molar-refractivity contribution is 6.04. The molecule has 1 aliphatic rings. The van der Waals surface area contributed by atoms with Crippen molar-refractivity contribution in [2.75, 3.05) is 13.1 Å². The number of hydrogen-bond acceptors (Lipinski definition) is 3. The fraction of sp³-hybridized carbons (Fsp3) is 0.250. The Balaban J connectivity index is 2.08. The molecule has 0 saturated carbocycles. The van der Waals surface area contributed by atoms with Gasteiger partial charge in [0.05, 0.1) is 0 Å². The Kier molecular flexibility index (Phi) is 3.02. The van der Waals surface area contributed by atoms with Crippen molar-refractivity contribution in [3.63, 3.8) is 0 Å². The van der Waals surface area contributed by atoms with Crippen molar-refractivity contribution in [3.8, 4) is 0 Å². The molecular weight excluding hydrogens is 188 g/mol. The van der Waals surface area contributed by atoms with E-state index in [4.69, 9.17) is 0 Å². The molecule has 1 aromatic rings. The van der Waals surface area contributed by atoms with Gasteiger partial charge in [-0.25, -0.2) is 0 Å². The zero-order valence-electron chi connectivity index (χ0n) is 8.49. The average Bonchev–Trinajstić information content (AvgIpc) is 2.31. The molecule has 1 aliphatic heterocycles. The molecule has 2 rings (SSSR count). The minimum absolute atomic E-state index is 0.0347. The number of benzene rings is 1. The Bertz CT molecular complexity index is 362. The van der Waals surface area contributed by atoms with E-state index in [0.29, 0.717) is 0 Å². The van der Waals surface area contributed by atoms with Gasteiger partial charge in [0.15, 0.2) is 5.78 Å². The van der Waals surface area contributed by atoms with Gasteiger partial charge in [-0.3, -0.25) is 4.79 Å². The van der Waals surface area contributed by atoms with E-state index in [-0.39, 0.29) is 5.78 Å². The Hall–Kier alpha value is -1.77. The summed E-state index contributed by atoms with van der Waals surface area (Å²) in [5.41, 5.74) is 0.721. The summed E-state index contributed by atoms with van der Waals surface area (Å²) in [6.07, 6.45) is 2.71. The van der Waals surface area contributed by atoms with Gasteiger partial charge in [0.25, 0.3) is 0 Å². The second kappa shape index (κ2) is 4.64. The molecule has 0 aromatic heterocycles. The fourth-order valence-corrected chi connectivity index (χ4v) is 1.52. The summed E-state index contributed by atoms with van der Waals surface area (Å²) in [5, 5.41) is 6.30. The van der Waals surface area contributed by atoms with Gasteiger partial charge in [0.2, 0.25) is 0 Å². The van der Waals surface area contributed by atoms with E-state index in [2.05, 4.69) is 10.6 Å². The number of hydrogen-bond donors (Lipinski definition) is 2. The van der Waals surface area contributed by atoms with E-state index < -0.39 is 0 Å². The van der Waals surface area contributed by atoms with Gasteiger partial charge in [-0.05, 0) is 6.42 Å². The van der Waals surface area contributed by atoms with Crippen LogP contribution in [0.5, 0.6) is 0 Å². The van der Waals surface area contributed by atoms with Gasteiger partial charge >= 0.3 is 0 Å². The smallest absolute Gasteiger partial charge is 0.189 e. The first-order valence-electron chi connectivity index (χ1n) is 5.15. The van der Waals surface area contributed by atoms with Crippen molar-refractivity contribution in [1.82, 2.24) is 10.6 Å². The van der Waals surface area contributed by atoms with Crippen LogP contribution >= 0.6 is 0 Å². The summed E-state index contributed by atoms with van der Waals surface area (Å²) in [4.78, 5) is 11.8. The lowest BCUT2D eigenvalue weighted by Gasteiger charge is -2.18. The van der Waals surface area contributed by atoms with E-state index in [9.17, 15) is 4.79 Å². The molecule has 1 aromatic carbocycles. The van der Waals surface area contributed by atoms with Gasteiger partial charge in [-0.15, -0.1) is 0 Å². The molecule has 2 N–H and O–H groups in total. The first-order valence-corrected chi connectivity index (χ1v) is 5.15. The van der Waals surface area contributed by atoms with Crippen molar-refractivity contribution >= 4 is 5.78 Å². The van der Waals surface area contributed by atoms with Crippen LogP contribution in [0.1, 0.15) is 16.8 Å². The molecule has 1 fully saturated rings. The third kappa shape index (κ3) is 2.59. The second-order valence-electron chi connectivity index (χ2n) is 3.50. The fourth-order valence-electron chi connectivity index (χ4n) is 1.52. The minimum Gasteiger partial charge on any atom is -0.372 e. The van der Waals surface area contributed by atoms with Crippen LogP contribution in [0.4, 0.5) is 0 Å². The summed E-state index contributed by atoms with van der Waals surface area (Å²) in [6.45, 7) is 1.86. The van der Waals surface area contributed by atoms with Crippen molar-refractivity contribution < 1.29 is 4.79 Å². The Morgan fingerprint density at radius 1 is 1.13 bits per heavy atom. The van der Waals surface area contributed by atoms with Crippen LogP contribution in [0.3, 0.4) is 0 Å². The van der Waals surface area contributed by atoms with E-state index in [1.807, 2.05) is 30.3 Å². The van der Waals surface area contributed by atoms with E-state index in [1.165, 1.54) is 0 Å². The first-order chi connectivity index (χ1) is 7.36. The van der Waals surface area contributed by atoms with Gasteiger partial charge in [0.1, 0.15) is 5.82 Å². The Morgan fingerprint density at radius 3 is 2.47 bits per heavy atom. The Morgan fingerprint density at radius 2 is 1.80 bits per heavy atom. The zero-order chi connectivity index (χ0) is 10.5. The van der Waals surface area contributed by atoms with E-state index in [0.717, 1.165) is 30.9 Å². The third-order valence-corrected chi connectivity index (χ3v) is 2.32.